The molecule has 1 fully saturated rings. The third-order valence-corrected chi connectivity index (χ3v) is 5.19. The largest absolute Gasteiger partial charge is 0.454 e. The van der Waals surface area contributed by atoms with Gasteiger partial charge in [0.1, 0.15) is 11.8 Å². The van der Waals surface area contributed by atoms with Crippen molar-refractivity contribution < 1.29 is 35.1 Å². The van der Waals surface area contributed by atoms with Crippen LogP contribution in [0, 0.1) is 11.3 Å². The van der Waals surface area contributed by atoms with Gasteiger partial charge in [-0.05, 0) is 25.0 Å². The van der Waals surface area contributed by atoms with Gasteiger partial charge >= 0.3 is 18.3 Å². The summed E-state index contributed by atoms with van der Waals surface area (Å²) >= 11 is 11.6. The topological polar surface area (TPSA) is 41.6 Å². The third kappa shape index (κ3) is 3.32. The second-order valence-electron chi connectivity index (χ2n) is 6.39. The summed E-state index contributed by atoms with van der Waals surface area (Å²) in [6.45, 7) is 0. The molecule has 3 rings (SSSR count). The second kappa shape index (κ2) is 6.47. The Morgan fingerprint density at radius 1 is 1.00 bits per heavy atom. The predicted octanol–water partition coefficient (Wildman–Crippen LogP) is 6.30. The van der Waals surface area contributed by atoms with Gasteiger partial charge in [-0.15, -0.1) is 0 Å². The van der Waals surface area contributed by atoms with Crippen LogP contribution in [0.1, 0.15) is 29.7 Å². The Labute approximate surface area is 167 Å². The Bertz CT molecular complexity index is 990. The molecule has 0 aliphatic heterocycles. The van der Waals surface area contributed by atoms with Gasteiger partial charge in [-0.2, -0.15) is 45.5 Å². The maximum Gasteiger partial charge on any atom is 0.454 e. The fraction of sp³-hybridized carbons (Fsp3) is 0.375. The maximum atomic E-state index is 14.1. The summed E-state index contributed by atoms with van der Waals surface area (Å²) in [5.74, 6) is -5.15. The first-order valence-corrected chi connectivity index (χ1v) is 8.43. The average Bonchev–Trinajstić information content (AvgIpc) is 3.27. The molecule has 29 heavy (non-hydrogen) atoms. The van der Waals surface area contributed by atoms with Gasteiger partial charge in [0.25, 0.3) is 0 Å². The average molecular weight is 464 g/mol. The van der Waals surface area contributed by atoms with E-state index in [-0.39, 0.29) is 0 Å². The minimum atomic E-state index is -5.87. The molecule has 1 aliphatic rings. The molecule has 3 nitrogen and oxygen atoms in total. The summed E-state index contributed by atoms with van der Waals surface area (Å²) in [5, 5.41) is 11.6. The normalized spacial score (nSPS) is 16.6. The van der Waals surface area contributed by atoms with Gasteiger partial charge in [0.05, 0.1) is 21.0 Å². The molecule has 1 aromatic carbocycles. The van der Waals surface area contributed by atoms with Crippen LogP contribution in [0.15, 0.2) is 18.3 Å². The molecular formula is C16H7Cl2F8N3. The van der Waals surface area contributed by atoms with Crippen LogP contribution in [0.2, 0.25) is 10.0 Å². The molecule has 13 heteroatoms. The molecule has 0 unspecified atom stereocenters. The predicted molar refractivity (Wildman–Crippen MR) is 85.2 cm³/mol. The van der Waals surface area contributed by atoms with Gasteiger partial charge in [-0.3, -0.25) is 0 Å². The Hall–Kier alpha value is -2.06. The highest BCUT2D eigenvalue weighted by Gasteiger charge is 2.76. The van der Waals surface area contributed by atoms with Crippen molar-refractivity contribution >= 4 is 23.2 Å². The summed E-state index contributed by atoms with van der Waals surface area (Å²) in [4.78, 5) is 0. The monoisotopic (exact) mass is 463 g/mol. The molecular weight excluding hydrogens is 457 g/mol. The molecule has 2 aromatic rings. The first-order chi connectivity index (χ1) is 13.2. The molecule has 0 bridgehead atoms. The summed E-state index contributed by atoms with van der Waals surface area (Å²) in [7, 11) is 0. The standard InChI is InChI=1S/C16H7Cl2F8N3/c17-9-3-7(14(19,20)21)4-10(18)12(9)29-6-8(11(5-27)28-29)13(1-2-13)15(22,23)16(24,25)26/h3-4,6H,1-2H2. The summed E-state index contributed by atoms with van der Waals surface area (Å²) in [6, 6.07) is 2.42. The number of benzene rings is 1. The van der Waals surface area contributed by atoms with E-state index in [2.05, 4.69) is 5.10 Å². The summed E-state index contributed by atoms with van der Waals surface area (Å²) in [5.41, 5.74) is -5.71. The molecule has 0 N–H and O–H groups in total. The number of alkyl halides is 8. The van der Waals surface area contributed by atoms with Gasteiger partial charge in [-0.1, -0.05) is 23.2 Å². The van der Waals surface area contributed by atoms with E-state index in [0.717, 1.165) is 0 Å². The first kappa shape index (κ1) is 21.6. The number of nitrogens with zero attached hydrogens (tertiary/aromatic N) is 3. The number of aromatic nitrogens is 2. The first-order valence-electron chi connectivity index (χ1n) is 7.67. The van der Waals surface area contributed by atoms with Crippen molar-refractivity contribution in [1.82, 2.24) is 9.78 Å². The van der Waals surface area contributed by atoms with Crippen molar-refractivity contribution in [3.8, 4) is 11.8 Å². The molecule has 0 spiro atoms. The van der Waals surface area contributed by atoms with E-state index < -0.39 is 69.1 Å². The number of hydrogen-bond acceptors (Lipinski definition) is 2. The number of nitriles is 1. The van der Waals surface area contributed by atoms with Gasteiger partial charge < -0.3 is 0 Å². The molecule has 1 aliphatic carbocycles. The third-order valence-electron chi connectivity index (χ3n) is 4.62. The molecule has 0 saturated heterocycles. The Morgan fingerprint density at radius 2 is 1.52 bits per heavy atom. The fourth-order valence-corrected chi connectivity index (χ4v) is 3.68. The van der Waals surface area contributed by atoms with Crippen LogP contribution >= 0.6 is 23.2 Å². The van der Waals surface area contributed by atoms with E-state index in [0.29, 0.717) is 23.0 Å². The van der Waals surface area contributed by atoms with Crippen LogP contribution in [0.25, 0.3) is 5.69 Å². The van der Waals surface area contributed by atoms with Gasteiger partial charge in [0.2, 0.25) is 0 Å². The van der Waals surface area contributed by atoms with E-state index in [1.54, 1.807) is 0 Å². The highest BCUT2D eigenvalue weighted by molar-refractivity contribution is 6.37. The van der Waals surface area contributed by atoms with Crippen LogP contribution in [0.5, 0.6) is 0 Å². The Morgan fingerprint density at radius 3 is 1.90 bits per heavy atom. The zero-order chi connectivity index (χ0) is 22.0. The fourth-order valence-electron chi connectivity index (χ4n) is 3.02. The lowest BCUT2D eigenvalue weighted by Gasteiger charge is -2.28. The van der Waals surface area contributed by atoms with E-state index in [1.807, 2.05) is 0 Å². The van der Waals surface area contributed by atoms with E-state index in [9.17, 15) is 35.1 Å². The van der Waals surface area contributed by atoms with Crippen molar-refractivity contribution in [3.63, 3.8) is 0 Å². The second-order valence-corrected chi connectivity index (χ2v) is 7.20. The SMILES string of the molecule is N#Cc1nn(-c2c(Cl)cc(C(F)(F)F)cc2Cl)cc1C1(C(F)(F)C(F)(F)F)CC1. The molecule has 156 valence electrons. The lowest BCUT2D eigenvalue weighted by atomic mass is 9.89. The van der Waals surface area contributed by atoms with Crippen LogP contribution in [-0.4, -0.2) is 21.9 Å². The molecule has 0 amide bonds. The lowest BCUT2D eigenvalue weighted by Crippen LogP contribution is -2.47. The lowest BCUT2D eigenvalue weighted by molar-refractivity contribution is -0.296. The van der Waals surface area contributed by atoms with Crippen LogP contribution in [0.4, 0.5) is 35.1 Å². The number of hydrogen-bond donors (Lipinski definition) is 0. The summed E-state index contributed by atoms with van der Waals surface area (Å²) in [6.07, 6.45) is -11.1. The van der Waals surface area contributed by atoms with E-state index in [4.69, 9.17) is 28.5 Å². The minimum absolute atomic E-state index is 0.393. The van der Waals surface area contributed by atoms with Crippen LogP contribution < -0.4 is 0 Å². The Kier molecular flexibility index (Phi) is 4.83. The van der Waals surface area contributed by atoms with Gasteiger partial charge in [-0.25, -0.2) is 4.68 Å². The molecule has 1 aromatic heterocycles. The molecule has 0 radical (unpaired) electrons. The minimum Gasteiger partial charge on any atom is -0.236 e. The van der Waals surface area contributed by atoms with Crippen molar-refractivity contribution in [2.45, 2.75) is 36.5 Å². The van der Waals surface area contributed by atoms with E-state index in [1.165, 1.54) is 6.07 Å². The number of halogens is 10. The Balaban J connectivity index is 2.16. The van der Waals surface area contributed by atoms with Crippen molar-refractivity contribution in [1.29, 1.82) is 5.26 Å². The molecule has 1 saturated carbocycles. The van der Waals surface area contributed by atoms with E-state index >= 15 is 0 Å². The zero-order valence-electron chi connectivity index (χ0n) is 13.8. The van der Waals surface area contributed by atoms with Crippen LogP contribution in [0.3, 0.4) is 0 Å². The molecule has 1 heterocycles. The smallest absolute Gasteiger partial charge is 0.236 e. The van der Waals surface area contributed by atoms with Crippen molar-refractivity contribution in [3.05, 3.63) is 45.2 Å². The van der Waals surface area contributed by atoms with Crippen molar-refractivity contribution in [2.24, 2.45) is 0 Å². The van der Waals surface area contributed by atoms with Gasteiger partial charge in [0, 0.05) is 11.8 Å². The highest BCUT2D eigenvalue weighted by atomic mass is 35.5. The maximum absolute atomic E-state index is 14.1. The molecule has 0 atom stereocenters. The summed E-state index contributed by atoms with van der Waals surface area (Å²) < 4.78 is 106. The van der Waals surface area contributed by atoms with Gasteiger partial charge in [0.15, 0.2) is 5.69 Å². The number of rotatable bonds is 3. The highest BCUT2D eigenvalue weighted by Crippen LogP contribution is 2.63. The van der Waals surface area contributed by atoms with Crippen LogP contribution in [-0.2, 0) is 11.6 Å². The zero-order valence-corrected chi connectivity index (χ0v) is 15.3. The quantitative estimate of drug-likeness (QED) is 0.501. The van der Waals surface area contributed by atoms with Crippen molar-refractivity contribution in [2.75, 3.05) is 0 Å².